The van der Waals surface area contributed by atoms with Crippen LogP contribution < -0.4 is 11.1 Å². The zero-order valence-corrected chi connectivity index (χ0v) is 13.1. The smallest absolute Gasteiger partial charge is 0.251 e. The number of rotatable bonds is 6. The molecule has 1 amide bonds. The molecule has 0 heterocycles. The summed E-state index contributed by atoms with van der Waals surface area (Å²) in [6, 6.07) is 7.39. The third-order valence-corrected chi connectivity index (χ3v) is 4.38. The maximum atomic E-state index is 12.1. The lowest BCUT2D eigenvalue weighted by Crippen LogP contribution is -2.36. The van der Waals surface area contributed by atoms with Gasteiger partial charge >= 0.3 is 0 Å². The Morgan fingerprint density at radius 3 is 2.38 bits per heavy atom. The van der Waals surface area contributed by atoms with Gasteiger partial charge in [-0.3, -0.25) is 4.79 Å². The number of nitrogens with two attached hydrogens (primary N) is 1. The molecule has 21 heavy (non-hydrogen) atoms. The highest BCUT2D eigenvalue weighted by atomic mass is 35.5. The van der Waals surface area contributed by atoms with E-state index < -0.39 is 0 Å². The minimum absolute atomic E-state index is 0. The molecule has 1 fully saturated rings. The van der Waals surface area contributed by atoms with E-state index in [0.717, 1.165) is 24.8 Å². The van der Waals surface area contributed by atoms with Gasteiger partial charge in [-0.05, 0) is 42.4 Å². The number of hydrogen-bond acceptors (Lipinski definition) is 3. The summed E-state index contributed by atoms with van der Waals surface area (Å²) >= 11 is 0. The molecule has 1 aromatic carbocycles. The lowest BCUT2D eigenvalue weighted by molar-refractivity contribution is 0.0916. The Labute approximate surface area is 132 Å². The molecule has 1 aliphatic carbocycles. The van der Waals surface area contributed by atoms with Gasteiger partial charge in [-0.1, -0.05) is 25.0 Å². The van der Waals surface area contributed by atoms with E-state index in [1.165, 1.54) is 12.8 Å². The van der Waals surface area contributed by atoms with Gasteiger partial charge in [0.25, 0.3) is 5.91 Å². The van der Waals surface area contributed by atoms with Crippen LogP contribution in [0.2, 0.25) is 0 Å². The summed E-state index contributed by atoms with van der Waals surface area (Å²) in [5.74, 6) is -0.0437. The van der Waals surface area contributed by atoms with E-state index in [1.54, 1.807) is 0 Å². The molecule has 1 aromatic rings. The Morgan fingerprint density at radius 2 is 1.86 bits per heavy atom. The van der Waals surface area contributed by atoms with Gasteiger partial charge < -0.3 is 16.2 Å². The van der Waals surface area contributed by atoms with Crippen molar-refractivity contribution in [3.05, 3.63) is 35.4 Å². The Morgan fingerprint density at radius 1 is 1.24 bits per heavy atom. The Bertz CT molecular complexity index is 442. The molecule has 0 aromatic heterocycles. The fourth-order valence-corrected chi connectivity index (χ4v) is 3.04. The minimum Gasteiger partial charge on any atom is -0.396 e. The lowest BCUT2D eigenvalue weighted by Gasteiger charge is -2.28. The van der Waals surface area contributed by atoms with E-state index in [1.807, 2.05) is 24.3 Å². The molecule has 0 aliphatic heterocycles. The van der Waals surface area contributed by atoms with Gasteiger partial charge in [0.2, 0.25) is 0 Å². The first-order valence-corrected chi connectivity index (χ1v) is 7.37. The molecule has 0 radical (unpaired) electrons. The first-order chi connectivity index (χ1) is 9.69. The van der Waals surface area contributed by atoms with Crippen LogP contribution in [0.15, 0.2) is 24.3 Å². The number of carbonyl (C=O) groups excluding carboxylic acids is 1. The highest BCUT2D eigenvalue weighted by Gasteiger charge is 2.33. The van der Waals surface area contributed by atoms with Gasteiger partial charge in [0, 0.05) is 25.3 Å². The van der Waals surface area contributed by atoms with Gasteiger partial charge in [0.15, 0.2) is 0 Å². The molecule has 5 heteroatoms. The van der Waals surface area contributed by atoms with Gasteiger partial charge in [-0.25, -0.2) is 0 Å². The SMILES string of the molecule is Cl.NCc1ccc(C(=O)NCC2(CCO)CCCC2)cc1. The summed E-state index contributed by atoms with van der Waals surface area (Å²) in [5, 5.41) is 12.2. The zero-order valence-electron chi connectivity index (χ0n) is 12.3. The Kier molecular flexibility index (Phi) is 7.15. The van der Waals surface area contributed by atoms with Gasteiger partial charge in [0.05, 0.1) is 0 Å². The van der Waals surface area contributed by atoms with Crippen LogP contribution in [0.3, 0.4) is 0 Å². The van der Waals surface area contributed by atoms with Crippen molar-refractivity contribution in [1.29, 1.82) is 0 Å². The molecule has 4 nitrogen and oxygen atoms in total. The second-order valence-electron chi connectivity index (χ2n) is 5.76. The molecule has 1 aliphatic rings. The first-order valence-electron chi connectivity index (χ1n) is 7.37. The third-order valence-electron chi connectivity index (χ3n) is 4.38. The molecule has 0 atom stereocenters. The number of hydrogen-bond donors (Lipinski definition) is 3. The molecule has 0 spiro atoms. The van der Waals surface area contributed by atoms with Crippen LogP contribution in [-0.4, -0.2) is 24.2 Å². The number of aliphatic hydroxyl groups excluding tert-OH is 1. The average molecular weight is 313 g/mol. The molecule has 1 saturated carbocycles. The zero-order chi connectivity index (χ0) is 14.4. The molecule has 0 bridgehead atoms. The van der Waals surface area contributed by atoms with Crippen LogP contribution in [0.25, 0.3) is 0 Å². The predicted octanol–water partition coefficient (Wildman–Crippen LogP) is 2.24. The van der Waals surface area contributed by atoms with Crippen molar-refractivity contribution in [3.63, 3.8) is 0 Å². The highest BCUT2D eigenvalue weighted by molar-refractivity contribution is 5.94. The normalized spacial score (nSPS) is 16.3. The van der Waals surface area contributed by atoms with Crippen LogP contribution in [0.4, 0.5) is 0 Å². The van der Waals surface area contributed by atoms with E-state index in [0.29, 0.717) is 18.7 Å². The van der Waals surface area contributed by atoms with Crippen molar-refractivity contribution in [2.45, 2.75) is 38.6 Å². The number of amides is 1. The minimum atomic E-state index is -0.0437. The van der Waals surface area contributed by atoms with E-state index >= 15 is 0 Å². The monoisotopic (exact) mass is 312 g/mol. The quantitative estimate of drug-likeness (QED) is 0.754. The lowest BCUT2D eigenvalue weighted by atomic mass is 9.83. The molecule has 0 saturated heterocycles. The second-order valence-corrected chi connectivity index (χ2v) is 5.76. The van der Waals surface area contributed by atoms with Gasteiger partial charge in [0.1, 0.15) is 0 Å². The van der Waals surface area contributed by atoms with Crippen molar-refractivity contribution in [1.82, 2.24) is 5.32 Å². The largest absolute Gasteiger partial charge is 0.396 e. The van der Waals surface area contributed by atoms with Crippen molar-refractivity contribution in [2.24, 2.45) is 11.1 Å². The maximum absolute atomic E-state index is 12.1. The predicted molar refractivity (Wildman–Crippen MR) is 86.5 cm³/mol. The number of aliphatic hydroxyl groups is 1. The molecule has 0 unspecified atom stereocenters. The molecule has 4 N–H and O–H groups in total. The van der Waals surface area contributed by atoms with E-state index in [4.69, 9.17) is 5.73 Å². The summed E-state index contributed by atoms with van der Waals surface area (Å²) in [6.07, 6.45) is 5.36. The fraction of sp³-hybridized carbons (Fsp3) is 0.562. The number of benzene rings is 1. The van der Waals surface area contributed by atoms with Crippen molar-refractivity contribution < 1.29 is 9.90 Å². The van der Waals surface area contributed by atoms with Crippen LogP contribution in [0, 0.1) is 5.41 Å². The summed E-state index contributed by atoms with van der Waals surface area (Å²) < 4.78 is 0. The maximum Gasteiger partial charge on any atom is 0.251 e. The molecule has 2 rings (SSSR count). The summed E-state index contributed by atoms with van der Waals surface area (Å²) in [7, 11) is 0. The molecular weight excluding hydrogens is 288 g/mol. The van der Waals surface area contributed by atoms with Crippen molar-refractivity contribution >= 4 is 18.3 Å². The molecular formula is C16H25ClN2O2. The summed E-state index contributed by atoms with van der Waals surface area (Å²) in [6.45, 7) is 1.34. The average Bonchev–Trinajstić information content (AvgIpc) is 2.94. The van der Waals surface area contributed by atoms with Gasteiger partial charge in [-0.15, -0.1) is 12.4 Å². The summed E-state index contributed by atoms with van der Waals surface area (Å²) in [4.78, 5) is 12.1. The first kappa shape index (κ1) is 18.0. The fourth-order valence-electron chi connectivity index (χ4n) is 3.04. The van der Waals surface area contributed by atoms with Gasteiger partial charge in [-0.2, -0.15) is 0 Å². The number of nitrogens with one attached hydrogen (secondary N) is 1. The van der Waals surface area contributed by atoms with Crippen LogP contribution >= 0.6 is 12.4 Å². The van der Waals surface area contributed by atoms with Crippen molar-refractivity contribution in [3.8, 4) is 0 Å². The third kappa shape index (κ3) is 4.70. The van der Waals surface area contributed by atoms with Crippen LogP contribution in [0.1, 0.15) is 48.0 Å². The van der Waals surface area contributed by atoms with E-state index in [-0.39, 0.29) is 30.3 Å². The number of halogens is 1. The van der Waals surface area contributed by atoms with E-state index in [9.17, 15) is 9.90 Å². The Hall–Kier alpha value is -1.10. The highest BCUT2D eigenvalue weighted by Crippen LogP contribution is 2.40. The number of carbonyl (C=O) groups is 1. The van der Waals surface area contributed by atoms with E-state index in [2.05, 4.69) is 5.32 Å². The Balaban J connectivity index is 0.00000220. The van der Waals surface area contributed by atoms with Crippen molar-refractivity contribution in [2.75, 3.05) is 13.2 Å². The summed E-state index contributed by atoms with van der Waals surface area (Å²) in [5.41, 5.74) is 7.33. The standard InChI is InChI=1S/C16H24N2O2.ClH/c17-11-13-3-5-14(6-4-13)15(20)18-12-16(9-10-19)7-1-2-8-16;/h3-6,19H,1-2,7-12,17H2,(H,18,20);1H. The van der Waals surface area contributed by atoms with Crippen LogP contribution in [-0.2, 0) is 6.54 Å². The van der Waals surface area contributed by atoms with Crippen LogP contribution in [0.5, 0.6) is 0 Å². The molecule has 118 valence electrons. The second kappa shape index (κ2) is 8.37. The topological polar surface area (TPSA) is 75.4 Å².